The second-order valence-corrected chi connectivity index (χ2v) is 10.3. The average molecular weight is 478 g/mol. The second-order valence-electron chi connectivity index (χ2n) is 8.53. The summed E-state index contributed by atoms with van der Waals surface area (Å²) in [5.41, 5.74) is 2.57. The molecule has 172 valence electrons. The van der Waals surface area contributed by atoms with Crippen LogP contribution in [0.5, 0.6) is 5.75 Å². The smallest absolute Gasteiger partial charge is 0.229 e. The molecule has 2 heterocycles. The van der Waals surface area contributed by atoms with Gasteiger partial charge in [0, 0.05) is 37.3 Å². The number of aliphatic hydroxyl groups is 1. The minimum Gasteiger partial charge on any atom is -0.487 e. The third-order valence-electron chi connectivity index (χ3n) is 6.13. The number of hydrogen-bond acceptors (Lipinski definition) is 6. The molecule has 0 aliphatic carbocycles. The molecule has 2 N–H and O–H groups in total. The van der Waals surface area contributed by atoms with Gasteiger partial charge in [0.15, 0.2) is 0 Å². The number of rotatable bonds is 5. The number of benzene rings is 2. The Hall–Kier alpha value is -2.31. The van der Waals surface area contributed by atoms with Gasteiger partial charge in [0.2, 0.25) is 10.0 Å². The van der Waals surface area contributed by atoms with Gasteiger partial charge < -0.3 is 14.7 Å². The van der Waals surface area contributed by atoms with E-state index in [0.717, 1.165) is 45.2 Å². The zero-order chi connectivity index (χ0) is 22.1. The van der Waals surface area contributed by atoms with Crippen molar-refractivity contribution in [1.29, 1.82) is 5.26 Å². The van der Waals surface area contributed by atoms with E-state index >= 15 is 0 Å². The fourth-order valence-electron chi connectivity index (χ4n) is 4.44. The van der Waals surface area contributed by atoms with Crippen LogP contribution in [0.15, 0.2) is 42.5 Å². The molecule has 0 aromatic heterocycles. The first-order valence-corrected chi connectivity index (χ1v) is 12.3. The monoisotopic (exact) mass is 477 g/mol. The summed E-state index contributed by atoms with van der Waals surface area (Å²) in [5, 5.41) is 19.7. The van der Waals surface area contributed by atoms with Crippen LogP contribution < -0.4 is 9.46 Å². The third-order valence-corrected chi connectivity index (χ3v) is 6.74. The number of piperidine rings is 1. The van der Waals surface area contributed by atoms with Crippen molar-refractivity contribution in [3.8, 4) is 11.8 Å². The van der Waals surface area contributed by atoms with Crippen molar-refractivity contribution in [2.24, 2.45) is 0 Å². The molecule has 32 heavy (non-hydrogen) atoms. The zero-order valence-electron chi connectivity index (χ0n) is 18.0. The Morgan fingerprint density at radius 2 is 1.91 bits per heavy atom. The van der Waals surface area contributed by atoms with E-state index < -0.39 is 16.1 Å². The topological polar surface area (TPSA) is 103 Å². The number of halogens is 1. The molecule has 2 aromatic carbocycles. The number of hydrogen-bond donors (Lipinski definition) is 2. The minimum atomic E-state index is -3.38. The van der Waals surface area contributed by atoms with Gasteiger partial charge in [-0.05, 0) is 55.2 Å². The van der Waals surface area contributed by atoms with Crippen molar-refractivity contribution in [1.82, 2.24) is 4.90 Å². The molecule has 7 nitrogen and oxygen atoms in total. The summed E-state index contributed by atoms with van der Waals surface area (Å²) in [4.78, 5) is 2.41. The van der Waals surface area contributed by atoms with Crippen LogP contribution in [0.2, 0.25) is 0 Å². The maximum absolute atomic E-state index is 11.5. The first kappa shape index (κ1) is 24.3. The fraction of sp³-hybridized carbons (Fsp3) is 0.435. The van der Waals surface area contributed by atoms with E-state index in [2.05, 4.69) is 15.7 Å². The van der Waals surface area contributed by atoms with Crippen LogP contribution in [-0.2, 0) is 16.4 Å². The number of ether oxygens (including phenoxy) is 1. The van der Waals surface area contributed by atoms with Gasteiger partial charge in [-0.3, -0.25) is 4.72 Å². The molecule has 1 fully saturated rings. The van der Waals surface area contributed by atoms with Gasteiger partial charge in [0.25, 0.3) is 0 Å². The van der Waals surface area contributed by atoms with Gasteiger partial charge in [0.05, 0.1) is 24.0 Å². The summed E-state index contributed by atoms with van der Waals surface area (Å²) in [6.45, 7) is 2.74. The van der Waals surface area contributed by atoms with E-state index in [1.165, 1.54) is 5.56 Å². The molecule has 2 aliphatic rings. The van der Waals surface area contributed by atoms with Gasteiger partial charge in [-0.25, -0.2) is 8.42 Å². The predicted molar refractivity (Wildman–Crippen MR) is 126 cm³/mol. The molecular weight excluding hydrogens is 450 g/mol. The molecule has 2 aliphatic heterocycles. The molecule has 1 saturated heterocycles. The largest absolute Gasteiger partial charge is 0.487 e. The average Bonchev–Trinajstić information content (AvgIpc) is 2.73. The van der Waals surface area contributed by atoms with Crippen LogP contribution in [0.25, 0.3) is 0 Å². The Balaban J connectivity index is 0.00000289. The maximum atomic E-state index is 11.5. The summed E-state index contributed by atoms with van der Waals surface area (Å²) in [6.07, 6.45) is 3.52. The van der Waals surface area contributed by atoms with Crippen LogP contribution in [0.4, 0.5) is 5.69 Å². The number of sulfonamides is 1. The highest BCUT2D eigenvalue weighted by atomic mass is 35.5. The lowest BCUT2D eigenvalue weighted by atomic mass is 9.81. The molecule has 2 aromatic rings. The van der Waals surface area contributed by atoms with Crippen molar-refractivity contribution < 1.29 is 18.3 Å². The van der Waals surface area contributed by atoms with E-state index in [1.54, 1.807) is 18.2 Å². The fourth-order valence-corrected chi connectivity index (χ4v) is 5.00. The number of nitriles is 1. The van der Waals surface area contributed by atoms with Crippen LogP contribution in [0.3, 0.4) is 0 Å². The molecule has 0 bridgehead atoms. The summed E-state index contributed by atoms with van der Waals surface area (Å²) in [6, 6.07) is 14.9. The van der Waals surface area contributed by atoms with Gasteiger partial charge >= 0.3 is 0 Å². The summed E-state index contributed by atoms with van der Waals surface area (Å²) < 4.78 is 31.8. The van der Waals surface area contributed by atoms with Crippen LogP contribution in [0, 0.1) is 11.3 Å². The van der Waals surface area contributed by atoms with E-state index in [-0.39, 0.29) is 18.0 Å². The Bertz CT molecular complexity index is 1090. The van der Waals surface area contributed by atoms with E-state index in [9.17, 15) is 13.5 Å². The Morgan fingerprint density at radius 3 is 2.53 bits per heavy atom. The standard InChI is InChI=1S/C23H27N3O4S.ClH/c1-31(28,29)25-19-6-7-22-20(14-19)21(27)15-23(30-22)9-12-26(13-10-23)11-8-17-2-4-18(16-24)5-3-17;/h2-7,14,21,25,27H,8-13,15H2,1H3;1H/t21-;/m1./s1. The second kappa shape index (κ2) is 9.67. The van der Waals surface area contributed by atoms with Crippen molar-refractivity contribution in [2.75, 3.05) is 30.6 Å². The summed E-state index contributed by atoms with van der Waals surface area (Å²) >= 11 is 0. The number of nitrogens with zero attached hydrogens (tertiary/aromatic N) is 2. The highest BCUT2D eigenvalue weighted by Gasteiger charge is 2.42. The van der Waals surface area contributed by atoms with Crippen LogP contribution in [0.1, 0.15) is 42.1 Å². The number of fused-ring (bicyclic) bond motifs is 1. The van der Waals surface area contributed by atoms with Gasteiger partial charge in [-0.2, -0.15) is 5.26 Å². The lowest BCUT2D eigenvalue weighted by Crippen LogP contribution is -2.50. The molecule has 0 unspecified atom stereocenters. The van der Waals surface area contributed by atoms with Gasteiger partial charge in [-0.1, -0.05) is 12.1 Å². The SMILES string of the molecule is CS(=O)(=O)Nc1ccc2c(c1)[C@H](O)CC1(CCN(CCc3ccc(C#N)cc3)CC1)O2.Cl. The molecular formula is C23H28ClN3O4S. The molecule has 0 amide bonds. The number of nitrogens with one attached hydrogen (secondary N) is 1. The predicted octanol–water partition coefficient (Wildman–Crippen LogP) is 3.24. The quantitative estimate of drug-likeness (QED) is 0.685. The molecule has 9 heteroatoms. The zero-order valence-corrected chi connectivity index (χ0v) is 19.6. The molecule has 1 atom stereocenters. The first-order chi connectivity index (χ1) is 14.8. The normalized spacial score (nSPS) is 19.8. The van der Waals surface area contributed by atoms with Crippen molar-refractivity contribution in [3.63, 3.8) is 0 Å². The lowest BCUT2D eigenvalue weighted by Gasteiger charge is -2.46. The molecule has 1 spiro atoms. The molecule has 0 saturated carbocycles. The van der Waals surface area contributed by atoms with Crippen molar-refractivity contribution in [2.45, 2.75) is 37.4 Å². The van der Waals surface area contributed by atoms with Crippen molar-refractivity contribution in [3.05, 3.63) is 59.2 Å². The van der Waals surface area contributed by atoms with E-state index in [1.807, 2.05) is 24.3 Å². The van der Waals surface area contributed by atoms with E-state index in [0.29, 0.717) is 29.0 Å². The number of aliphatic hydroxyl groups excluding tert-OH is 1. The van der Waals surface area contributed by atoms with Gasteiger partial charge in [0.1, 0.15) is 11.4 Å². The Labute approximate surface area is 195 Å². The summed E-state index contributed by atoms with van der Waals surface area (Å²) in [7, 11) is -3.38. The van der Waals surface area contributed by atoms with Gasteiger partial charge in [-0.15, -0.1) is 12.4 Å². The summed E-state index contributed by atoms with van der Waals surface area (Å²) in [5.74, 6) is 0.629. The Morgan fingerprint density at radius 1 is 1.22 bits per heavy atom. The molecule has 4 rings (SSSR count). The maximum Gasteiger partial charge on any atom is 0.229 e. The Kier molecular flexibility index (Phi) is 7.36. The number of likely N-dealkylation sites (tertiary alicyclic amines) is 1. The molecule has 0 radical (unpaired) electrons. The highest BCUT2D eigenvalue weighted by Crippen LogP contribution is 2.45. The van der Waals surface area contributed by atoms with Crippen LogP contribution in [-0.4, -0.2) is 49.9 Å². The first-order valence-electron chi connectivity index (χ1n) is 10.5. The number of anilines is 1. The van der Waals surface area contributed by atoms with Crippen molar-refractivity contribution >= 4 is 28.1 Å². The minimum absolute atomic E-state index is 0. The third kappa shape index (κ3) is 5.73. The van der Waals surface area contributed by atoms with E-state index in [4.69, 9.17) is 10.00 Å². The highest BCUT2D eigenvalue weighted by molar-refractivity contribution is 7.92. The lowest BCUT2D eigenvalue weighted by molar-refractivity contribution is -0.0536. The van der Waals surface area contributed by atoms with Crippen LogP contribution >= 0.6 is 12.4 Å².